The zero-order valence-corrected chi connectivity index (χ0v) is 10.8. The monoisotopic (exact) mass is 274 g/mol. The molecule has 1 fully saturated rings. The van der Waals surface area contributed by atoms with Crippen LogP contribution in [0.1, 0.15) is 19.3 Å². The van der Waals surface area contributed by atoms with Crippen molar-refractivity contribution in [2.24, 2.45) is 0 Å². The van der Waals surface area contributed by atoms with Gasteiger partial charge in [-0.25, -0.2) is 8.42 Å². The second-order valence-electron chi connectivity index (χ2n) is 3.89. The number of carbonyl (C=O) groups is 1. The third-order valence-corrected chi connectivity index (χ3v) is 5.46. The van der Waals surface area contributed by atoms with Crippen LogP contribution in [0.3, 0.4) is 0 Å². The molecule has 2 N–H and O–H groups in total. The van der Waals surface area contributed by atoms with Gasteiger partial charge in [0.05, 0.1) is 0 Å². The van der Waals surface area contributed by atoms with Crippen LogP contribution in [-0.4, -0.2) is 26.9 Å². The fourth-order valence-corrected chi connectivity index (χ4v) is 3.95. The number of hydrogen-bond acceptors (Lipinski definition) is 4. The normalized spacial score (nSPS) is 21.9. The Morgan fingerprint density at radius 3 is 2.94 bits per heavy atom. The van der Waals surface area contributed by atoms with Crippen molar-refractivity contribution in [3.8, 4) is 0 Å². The maximum Gasteiger partial charge on any atom is 0.250 e. The summed E-state index contributed by atoms with van der Waals surface area (Å²) in [5.41, 5.74) is 0. The molecule has 0 aromatic carbocycles. The number of carbonyl (C=O) groups excluding carboxylic acids is 1. The lowest BCUT2D eigenvalue weighted by Gasteiger charge is -2.14. The van der Waals surface area contributed by atoms with Gasteiger partial charge in [0, 0.05) is 6.54 Å². The van der Waals surface area contributed by atoms with Gasteiger partial charge in [0.1, 0.15) is 10.3 Å². The maximum absolute atomic E-state index is 11.9. The highest BCUT2D eigenvalue weighted by molar-refractivity contribution is 7.91. The van der Waals surface area contributed by atoms with Gasteiger partial charge in [-0.3, -0.25) is 4.79 Å². The quantitative estimate of drug-likeness (QED) is 0.851. The first-order valence-corrected chi connectivity index (χ1v) is 7.79. The predicted molar refractivity (Wildman–Crippen MR) is 65.3 cm³/mol. The lowest BCUT2D eigenvalue weighted by molar-refractivity contribution is -0.122. The summed E-state index contributed by atoms with van der Waals surface area (Å²) >= 11 is 1.14. The Labute approximate surface area is 104 Å². The van der Waals surface area contributed by atoms with E-state index in [1.54, 1.807) is 11.4 Å². The molecule has 0 aliphatic carbocycles. The minimum Gasteiger partial charge on any atom is -0.355 e. The molecule has 2 rings (SSSR count). The van der Waals surface area contributed by atoms with E-state index in [0.717, 1.165) is 24.2 Å². The SMILES string of the molecule is O=C1NCCCC[C@@H]1NS(=O)(=O)c1cccs1. The number of nitrogens with one attached hydrogen (secondary N) is 2. The highest BCUT2D eigenvalue weighted by Gasteiger charge is 2.26. The standard InChI is InChI=1S/C10H14N2O3S2/c13-10-8(4-1-2-6-11-10)12-17(14,15)9-5-3-7-16-9/h3,5,7-8,12H,1-2,4,6H2,(H,11,13)/t8-/m0/s1. The summed E-state index contributed by atoms with van der Waals surface area (Å²) in [4.78, 5) is 11.6. The van der Waals surface area contributed by atoms with Gasteiger partial charge in [0.2, 0.25) is 5.91 Å². The van der Waals surface area contributed by atoms with Gasteiger partial charge in [0.25, 0.3) is 10.0 Å². The van der Waals surface area contributed by atoms with Gasteiger partial charge in [-0.2, -0.15) is 4.72 Å². The average Bonchev–Trinajstić information content (AvgIpc) is 2.74. The molecular formula is C10H14N2O3S2. The summed E-state index contributed by atoms with van der Waals surface area (Å²) < 4.78 is 26.6. The molecule has 1 aliphatic rings. The molecule has 0 saturated carbocycles. The van der Waals surface area contributed by atoms with Gasteiger partial charge >= 0.3 is 0 Å². The third kappa shape index (κ3) is 3.05. The van der Waals surface area contributed by atoms with Crippen LogP contribution < -0.4 is 10.0 Å². The van der Waals surface area contributed by atoms with Crippen molar-refractivity contribution >= 4 is 27.3 Å². The molecule has 94 valence electrons. The largest absolute Gasteiger partial charge is 0.355 e. The van der Waals surface area contributed by atoms with Crippen molar-refractivity contribution < 1.29 is 13.2 Å². The van der Waals surface area contributed by atoms with E-state index in [0.29, 0.717) is 13.0 Å². The molecule has 1 aromatic rings. The Morgan fingerprint density at radius 2 is 2.24 bits per heavy atom. The van der Waals surface area contributed by atoms with Crippen molar-refractivity contribution in [3.05, 3.63) is 17.5 Å². The first-order valence-electron chi connectivity index (χ1n) is 5.43. The second-order valence-corrected chi connectivity index (χ2v) is 6.78. The van der Waals surface area contributed by atoms with Crippen LogP contribution in [0.15, 0.2) is 21.7 Å². The van der Waals surface area contributed by atoms with Crippen LogP contribution in [0.4, 0.5) is 0 Å². The molecule has 1 amide bonds. The minimum atomic E-state index is -3.56. The third-order valence-electron chi connectivity index (χ3n) is 2.59. The fraction of sp³-hybridized carbons (Fsp3) is 0.500. The molecule has 2 heterocycles. The van der Waals surface area contributed by atoms with E-state index in [1.807, 2.05) is 0 Å². The Bertz CT molecular complexity index is 482. The van der Waals surface area contributed by atoms with Gasteiger partial charge < -0.3 is 5.32 Å². The van der Waals surface area contributed by atoms with Crippen LogP contribution in [0.5, 0.6) is 0 Å². The van der Waals surface area contributed by atoms with Crippen molar-refractivity contribution in [1.82, 2.24) is 10.0 Å². The average molecular weight is 274 g/mol. The molecule has 1 aliphatic heterocycles. The molecule has 1 saturated heterocycles. The summed E-state index contributed by atoms with van der Waals surface area (Å²) in [5, 5.41) is 4.40. The van der Waals surface area contributed by atoms with Crippen molar-refractivity contribution in [3.63, 3.8) is 0 Å². The summed E-state index contributed by atoms with van der Waals surface area (Å²) in [5.74, 6) is -0.234. The first-order chi connectivity index (χ1) is 8.09. The van der Waals surface area contributed by atoms with Crippen molar-refractivity contribution in [2.45, 2.75) is 29.5 Å². The topological polar surface area (TPSA) is 75.3 Å². The van der Waals surface area contributed by atoms with E-state index in [9.17, 15) is 13.2 Å². The summed E-state index contributed by atoms with van der Waals surface area (Å²) in [7, 11) is -3.56. The summed E-state index contributed by atoms with van der Waals surface area (Å²) in [6.07, 6.45) is 2.29. The van der Waals surface area contributed by atoms with E-state index in [2.05, 4.69) is 10.0 Å². The smallest absolute Gasteiger partial charge is 0.250 e. The molecule has 0 radical (unpaired) electrons. The number of sulfonamides is 1. The second kappa shape index (κ2) is 5.16. The first kappa shape index (κ1) is 12.5. The van der Waals surface area contributed by atoms with E-state index in [4.69, 9.17) is 0 Å². The predicted octanol–water partition coefficient (Wildman–Crippen LogP) is 0.695. The Balaban J connectivity index is 2.12. The molecular weight excluding hydrogens is 260 g/mol. The number of hydrogen-bond donors (Lipinski definition) is 2. The van der Waals surface area contributed by atoms with Crippen LogP contribution in [0.25, 0.3) is 0 Å². The molecule has 0 spiro atoms. The van der Waals surface area contributed by atoms with Gasteiger partial charge in [-0.15, -0.1) is 11.3 Å². The highest BCUT2D eigenvalue weighted by atomic mass is 32.2. The van der Waals surface area contributed by atoms with Crippen LogP contribution in [-0.2, 0) is 14.8 Å². The number of rotatable bonds is 3. The van der Waals surface area contributed by atoms with E-state index in [-0.39, 0.29) is 10.1 Å². The maximum atomic E-state index is 11.9. The molecule has 17 heavy (non-hydrogen) atoms. The Kier molecular flexibility index (Phi) is 3.80. The zero-order chi connectivity index (χ0) is 12.3. The molecule has 0 unspecified atom stereocenters. The van der Waals surface area contributed by atoms with Crippen LogP contribution in [0, 0.1) is 0 Å². The van der Waals surface area contributed by atoms with E-state index >= 15 is 0 Å². The fourth-order valence-electron chi connectivity index (χ4n) is 1.71. The Morgan fingerprint density at radius 1 is 1.41 bits per heavy atom. The lowest BCUT2D eigenvalue weighted by atomic mass is 10.1. The molecule has 1 atom stereocenters. The van der Waals surface area contributed by atoms with Gasteiger partial charge in [0.15, 0.2) is 0 Å². The van der Waals surface area contributed by atoms with Crippen LogP contribution >= 0.6 is 11.3 Å². The molecule has 0 bridgehead atoms. The molecule has 5 nitrogen and oxygen atoms in total. The number of amides is 1. The van der Waals surface area contributed by atoms with Crippen LogP contribution in [0.2, 0.25) is 0 Å². The lowest BCUT2D eigenvalue weighted by Crippen LogP contribution is -2.45. The molecule has 1 aromatic heterocycles. The van der Waals surface area contributed by atoms with Gasteiger partial charge in [-0.1, -0.05) is 6.07 Å². The van der Waals surface area contributed by atoms with Crippen molar-refractivity contribution in [1.29, 1.82) is 0 Å². The minimum absolute atomic E-state index is 0.234. The molecule has 7 heteroatoms. The summed E-state index contributed by atoms with van der Waals surface area (Å²) in [6.45, 7) is 0.621. The highest BCUT2D eigenvalue weighted by Crippen LogP contribution is 2.17. The summed E-state index contributed by atoms with van der Waals surface area (Å²) in [6, 6.07) is 2.55. The number of thiophene rings is 1. The zero-order valence-electron chi connectivity index (χ0n) is 9.18. The van der Waals surface area contributed by atoms with E-state index < -0.39 is 16.1 Å². The van der Waals surface area contributed by atoms with Gasteiger partial charge in [-0.05, 0) is 30.7 Å². The van der Waals surface area contributed by atoms with E-state index in [1.165, 1.54) is 6.07 Å². The Hall–Kier alpha value is -0.920. The van der Waals surface area contributed by atoms with Crippen molar-refractivity contribution in [2.75, 3.05) is 6.54 Å².